The lowest BCUT2D eigenvalue weighted by molar-refractivity contribution is -0.346. The number of rotatable bonds is 8. The van der Waals surface area contributed by atoms with Crippen molar-refractivity contribution in [1.82, 2.24) is 0 Å². The van der Waals surface area contributed by atoms with E-state index in [0.717, 1.165) is 0 Å². The first kappa shape index (κ1) is 18.3. The summed E-state index contributed by atoms with van der Waals surface area (Å²) in [4.78, 5) is 0. The molecular formula is C8H11F8NO2. The molecule has 0 aromatic heterocycles. The molecule has 0 fully saturated rings. The largest absolute Gasteiger partial charge is 0.389 e. The lowest BCUT2D eigenvalue weighted by Crippen LogP contribution is -2.59. The van der Waals surface area contributed by atoms with E-state index < -0.39 is 50.1 Å². The molecule has 0 aliphatic carbocycles. The number of alkyl halides is 8. The van der Waals surface area contributed by atoms with E-state index in [1.165, 1.54) is 0 Å². The van der Waals surface area contributed by atoms with Gasteiger partial charge in [-0.2, -0.15) is 26.3 Å². The predicted molar refractivity (Wildman–Crippen MR) is 46.7 cm³/mol. The maximum atomic E-state index is 12.8. The van der Waals surface area contributed by atoms with Crippen molar-refractivity contribution in [2.75, 3.05) is 19.8 Å². The molecule has 1 atom stereocenters. The second-order valence-electron chi connectivity index (χ2n) is 3.61. The first-order valence-corrected chi connectivity index (χ1v) is 4.77. The van der Waals surface area contributed by atoms with Crippen LogP contribution in [0.1, 0.15) is 0 Å². The Morgan fingerprint density at radius 2 is 1.53 bits per heavy atom. The lowest BCUT2D eigenvalue weighted by Gasteiger charge is -2.32. The van der Waals surface area contributed by atoms with E-state index in [1.54, 1.807) is 0 Å². The van der Waals surface area contributed by atoms with Crippen molar-refractivity contribution in [2.24, 2.45) is 5.73 Å². The Labute approximate surface area is 102 Å². The van der Waals surface area contributed by atoms with Gasteiger partial charge < -0.3 is 15.6 Å². The highest BCUT2D eigenvalue weighted by Gasteiger charge is 2.75. The molecule has 0 radical (unpaired) electrons. The van der Waals surface area contributed by atoms with Crippen LogP contribution in [-0.2, 0) is 4.74 Å². The molecule has 0 rings (SSSR count). The molecule has 0 heterocycles. The normalized spacial score (nSPS) is 15.9. The Kier molecular flexibility index (Phi) is 5.96. The van der Waals surface area contributed by atoms with Crippen molar-refractivity contribution in [2.45, 2.75) is 30.3 Å². The monoisotopic (exact) mass is 305 g/mol. The Hall–Kier alpha value is -0.680. The number of hydrogen-bond acceptors (Lipinski definition) is 3. The molecule has 0 aromatic rings. The van der Waals surface area contributed by atoms with Crippen molar-refractivity contribution in [3.63, 3.8) is 0 Å². The molecule has 0 bridgehead atoms. The van der Waals surface area contributed by atoms with Gasteiger partial charge in [-0.1, -0.05) is 0 Å². The summed E-state index contributed by atoms with van der Waals surface area (Å²) in [6.07, 6.45) is -6.44. The maximum Gasteiger partial charge on any atom is 0.380 e. The van der Waals surface area contributed by atoms with E-state index >= 15 is 0 Å². The Morgan fingerprint density at radius 1 is 1.05 bits per heavy atom. The summed E-state index contributed by atoms with van der Waals surface area (Å²) in [5.41, 5.74) is 4.83. The number of aliphatic hydroxyl groups excluding tert-OH is 1. The Bertz CT molecular complexity index is 286. The molecule has 3 nitrogen and oxygen atoms in total. The summed E-state index contributed by atoms with van der Waals surface area (Å²) in [5, 5.41) is 8.76. The van der Waals surface area contributed by atoms with Crippen LogP contribution in [-0.4, -0.2) is 55.2 Å². The van der Waals surface area contributed by atoms with Gasteiger partial charge in [0.15, 0.2) is 0 Å². The van der Waals surface area contributed by atoms with Crippen LogP contribution in [0, 0.1) is 0 Å². The molecule has 19 heavy (non-hydrogen) atoms. The highest BCUT2D eigenvalue weighted by atomic mass is 19.4. The first-order valence-electron chi connectivity index (χ1n) is 4.77. The van der Waals surface area contributed by atoms with Gasteiger partial charge in [-0.05, 0) is 0 Å². The zero-order chi connectivity index (χ0) is 15.5. The van der Waals surface area contributed by atoms with Gasteiger partial charge in [0.05, 0.1) is 12.7 Å². The number of halogens is 8. The molecule has 0 saturated carbocycles. The average Bonchev–Trinajstić information content (AvgIpc) is 2.27. The SMILES string of the molecule is NC[C@H](O)COCC(F)(F)C(F)(F)C(F)(F)C(F)F. The van der Waals surface area contributed by atoms with Crippen molar-refractivity contribution in [3.05, 3.63) is 0 Å². The molecule has 11 heteroatoms. The fourth-order valence-corrected chi connectivity index (χ4v) is 0.863. The van der Waals surface area contributed by atoms with E-state index in [0.29, 0.717) is 0 Å². The van der Waals surface area contributed by atoms with Crippen LogP contribution in [0.3, 0.4) is 0 Å². The Balaban J connectivity index is 4.78. The highest BCUT2D eigenvalue weighted by Crippen LogP contribution is 2.48. The van der Waals surface area contributed by atoms with Crippen LogP contribution in [0.2, 0.25) is 0 Å². The standard InChI is InChI=1S/C8H11F8NO2/c9-5(10)7(13,14)8(15,16)6(11,12)3-19-2-4(18)1-17/h4-5,18H,1-3,17H2/t4-/m0/s1. The predicted octanol–water partition coefficient (Wildman–Crippen LogP) is 1.49. The third-order valence-electron chi connectivity index (χ3n) is 2.02. The zero-order valence-electron chi connectivity index (χ0n) is 9.23. The minimum Gasteiger partial charge on any atom is -0.389 e. The minimum absolute atomic E-state index is 0.449. The van der Waals surface area contributed by atoms with Gasteiger partial charge >= 0.3 is 24.2 Å². The van der Waals surface area contributed by atoms with Gasteiger partial charge in [0.1, 0.15) is 6.61 Å². The highest BCUT2D eigenvalue weighted by molar-refractivity contribution is 4.97. The second kappa shape index (κ2) is 6.18. The molecule has 0 amide bonds. The van der Waals surface area contributed by atoms with Crippen molar-refractivity contribution >= 4 is 0 Å². The van der Waals surface area contributed by atoms with Crippen LogP contribution in [0.4, 0.5) is 35.1 Å². The second-order valence-corrected chi connectivity index (χ2v) is 3.61. The van der Waals surface area contributed by atoms with Crippen LogP contribution < -0.4 is 5.73 Å². The van der Waals surface area contributed by atoms with Gasteiger partial charge in [0.2, 0.25) is 0 Å². The lowest BCUT2D eigenvalue weighted by atomic mass is 10.1. The van der Waals surface area contributed by atoms with Gasteiger partial charge in [0, 0.05) is 6.54 Å². The fourth-order valence-electron chi connectivity index (χ4n) is 0.863. The van der Waals surface area contributed by atoms with Gasteiger partial charge in [-0.3, -0.25) is 0 Å². The smallest absolute Gasteiger partial charge is 0.380 e. The quantitative estimate of drug-likeness (QED) is 0.668. The molecule has 116 valence electrons. The molecule has 0 aliphatic heterocycles. The molecule has 3 N–H and O–H groups in total. The summed E-state index contributed by atoms with van der Waals surface area (Å²) >= 11 is 0. The third-order valence-corrected chi connectivity index (χ3v) is 2.02. The maximum absolute atomic E-state index is 12.8. The van der Waals surface area contributed by atoms with Crippen LogP contribution in [0.15, 0.2) is 0 Å². The molecule has 0 aliphatic rings. The first-order chi connectivity index (χ1) is 8.40. The minimum atomic E-state index is -6.30. The zero-order valence-corrected chi connectivity index (χ0v) is 9.23. The van der Waals surface area contributed by atoms with Gasteiger partial charge in [-0.25, -0.2) is 8.78 Å². The average molecular weight is 305 g/mol. The van der Waals surface area contributed by atoms with Crippen molar-refractivity contribution in [3.8, 4) is 0 Å². The molecule has 0 aromatic carbocycles. The number of hydrogen-bond donors (Lipinski definition) is 2. The van der Waals surface area contributed by atoms with Crippen LogP contribution >= 0.6 is 0 Å². The van der Waals surface area contributed by atoms with Gasteiger partial charge in [0.25, 0.3) is 0 Å². The van der Waals surface area contributed by atoms with Crippen molar-refractivity contribution in [1.29, 1.82) is 0 Å². The van der Waals surface area contributed by atoms with E-state index in [9.17, 15) is 35.1 Å². The van der Waals surface area contributed by atoms with E-state index in [1.807, 2.05) is 0 Å². The summed E-state index contributed by atoms with van der Waals surface area (Å²) in [5.74, 6) is -18.1. The molecule has 0 saturated heterocycles. The summed E-state index contributed by atoms with van der Waals surface area (Å²) < 4.78 is 103. The van der Waals surface area contributed by atoms with Crippen molar-refractivity contribution < 1.29 is 45.0 Å². The number of nitrogens with two attached hydrogens (primary N) is 1. The van der Waals surface area contributed by atoms with Crippen LogP contribution in [0.25, 0.3) is 0 Å². The number of aliphatic hydroxyl groups is 1. The molecular weight excluding hydrogens is 294 g/mol. The summed E-state index contributed by atoms with van der Waals surface area (Å²) in [6, 6.07) is 0. The van der Waals surface area contributed by atoms with Gasteiger partial charge in [-0.15, -0.1) is 0 Å². The summed E-state index contributed by atoms with van der Waals surface area (Å²) in [6.45, 7) is -3.64. The summed E-state index contributed by atoms with van der Waals surface area (Å²) in [7, 11) is 0. The number of ether oxygens (including phenoxy) is 1. The van der Waals surface area contributed by atoms with Crippen LogP contribution in [0.5, 0.6) is 0 Å². The van der Waals surface area contributed by atoms with E-state index in [-0.39, 0.29) is 0 Å². The topological polar surface area (TPSA) is 55.5 Å². The van der Waals surface area contributed by atoms with E-state index in [4.69, 9.17) is 10.8 Å². The fraction of sp³-hybridized carbons (Fsp3) is 1.00. The molecule has 0 spiro atoms. The van der Waals surface area contributed by atoms with E-state index in [2.05, 4.69) is 4.74 Å². The third kappa shape index (κ3) is 3.89. The Morgan fingerprint density at radius 3 is 1.89 bits per heavy atom. The molecule has 0 unspecified atom stereocenters.